The maximum atomic E-state index is 13.2. The zero-order valence-electron chi connectivity index (χ0n) is 20.1. The highest BCUT2D eigenvalue weighted by molar-refractivity contribution is 6.30. The van der Waals surface area contributed by atoms with E-state index in [1.807, 2.05) is 17.0 Å². The molecular weight excluding hydrogens is 482 g/mol. The van der Waals surface area contributed by atoms with Gasteiger partial charge in [0.25, 0.3) is 0 Å². The first-order valence-electron chi connectivity index (χ1n) is 12.3. The Bertz CT molecular complexity index is 1030. The van der Waals surface area contributed by atoms with Crippen molar-refractivity contribution in [3.63, 3.8) is 0 Å². The van der Waals surface area contributed by atoms with Gasteiger partial charge in [0.1, 0.15) is 0 Å². The van der Waals surface area contributed by atoms with Crippen molar-refractivity contribution < 1.29 is 14.4 Å². The van der Waals surface area contributed by atoms with Gasteiger partial charge in [0.05, 0.1) is 6.04 Å². The Kier molecular flexibility index (Phi) is 8.71. The molecule has 1 atom stereocenters. The van der Waals surface area contributed by atoms with E-state index in [0.717, 1.165) is 56.4 Å². The summed E-state index contributed by atoms with van der Waals surface area (Å²) in [6.45, 7) is 3.75. The van der Waals surface area contributed by atoms with Crippen LogP contribution in [-0.4, -0.2) is 64.3 Å². The van der Waals surface area contributed by atoms with Gasteiger partial charge in [0.2, 0.25) is 18.3 Å². The number of aromatic nitrogens is 2. The number of carbonyl (C=O) groups excluding carboxylic acids is 3. The molecule has 10 nitrogen and oxygen atoms in total. The minimum atomic E-state index is -0.541. The summed E-state index contributed by atoms with van der Waals surface area (Å²) < 4.78 is 0. The number of nitrogens with two attached hydrogens (primary N) is 1. The average molecular weight is 514 g/mol. The number of halogens is 1. The molecule has 0 radical (unpaired) electrons. The topological polar surface area (TPSA) is 134 Å². The quantitative estimate of drug-likeness (QED) is 0.484. The van der Waals surface area contributed by atoms with Crippen molar-refractivity contribution in [3.8, 4) is 0 Å². The fourth-order valence-electron chi connectivity index (χ4n) is 5.13. The molecule has 1 aromatic carbocycles. The molecule has 36 heavy (non-hydrogen) atoms. The number of nitrogens with one attached hydrogen (secondary N) is 2. The van der Waals surface area contributed by atoms with Crippen LogP contribution in [0.4, 0.5) is 10.7 Å². The van der Waals surface area contributed by atoms with Crippen LogP contribution in [-0.2, 0) is 16.1 Å². The molecule has 2 fully saturated rings. The third-order valence-electron chi connectivity index (χ3n) is 7.10. The van der Waals surface area contributed by atoms with Gasteiger partial charge in [-0.2, -0.15) is 0 Å². The lowest BCUT2D eigenvalue weighted by molar-refractivity contribution is -0.138. The van der Waals surface area contributed by atoms with Gasteiger partial charge in [0, 0.05) is 48.5 Å². The van der Waals surface area contributed by atoms with Crippen LogP contribution in [0, 0.1) is 11.8 Å². The number of carbonyl (C=O) groups is 3. The molecular formula is C25H32ClN7O3. The van der Waals surface area contributed by atoms with Crippen molar-refractivity contribution in [2.75, 3.05) is 31.9 Å². The highest BCUT2D eigenvalue weighted by Gasteiger charge is 2.34. The van der Waals surface area contributed by atoms with Crippen LogP contribution < -0.4 is 16.4 Å². The van der Waals surface area contributed by atoms with Crippen LogP contribution in [0.1, 0.15) is 42.9 Å². The van der Waals surface area contributed by atoms with E-state index in [4.69, 9.17) is 17.3 Å². The molecule has 0 saturated carbocycles. The van der Waals surface area contributed by atoms with Crippen molar-refractivity contribution in [2.45, 2.75) is 38.3 Å². The second-order valence-electron chi connectivity index (χ2n) is 9.43. The number of imide groups is 1. The number of nitrogens with zero attached hydrogens (tertiary/aromatic N) is 4. The average Bonchev–Trinajstić information content (AvgIpc) is 2.90. The molecule has 0 bridgehead atoms. The predicted molar refractivity (Wildman–Crippen MR) is 136 cm³/mol. The smallest absolute Gasteiger partial charge is 0.321 e. The predicted octanol–water partition coefficient (Wildman–Crippen LogP) is 2.36. The van der Waals surface area contributed by atoms with Gasteiger partial charge >= 0.3 is 6.03 Å². The Labute approximate surface area is 215 Å². The second-order valence-corrected chi connectivity index (χ2v) is 9.86. The van der Waals surface area contributed by atoms with Crippen molar-refractivity contribution in [1.82, 2.24) is 30.4 Å². The Morgan fingerprint density at radius 1 is 1.06 bits per heavy atom. The van der Waals surface area contributed by atoms with Crippen LogP contribution in [0.3, 0.4) is 0 Å². The Hall–Kier alpha value is -3.24. The lowest BCUT2D eigenvalue weighted by Crippen LogP contribution is -2.47. The normalized spacial score (nSPS) is 18.4. The minimum Gasteiger partial charge on any atom is -0.368 e. The number of rotatable bonds is 7. The number of hydrogen-bond acceptors (Lipinski definition) is 7. The van der Waals surface area contributed by atoms with Gasteiger partial charge in [-0.1, -0.05) is 23.7 Å². The molecule has 0 spiro atoms. The van der Waals surface area contributed by atoms with Crippen molar-refractivity contribution in [1.29, 1.82) is 0 Å². The number of anilines is 1. The molecule has 192 valence electrons. The number of urea groups is 1. The molecule has 2 aromatic rings. The fraction of sp³-hybridized carbons (Fsp3) is 0.480. The minimum absolute atomic E-state index is 0.0315. The zero-order valence-corrected chi connectivity index (χ0v) is 20.9. The SMILES string of the molecule is Nc1ncc(CN2CCC(C(=O)N3CCC(C(NC(=O)NC=O)c4ccc(Cl)cc4)CC3)CC2)cn1. The van der Waals surface area contributed by atoms with E-state index < -0.39 is 6.03 Å². The second kappa shape index (κ2) is 12.1. The number of likely N-dealkylation sites (tertiary alicyclic amines) is 2. The van der Waals surface area contributed by atoms with E-state index in [1.54, 1.807) is 24.5 Å². The summed E-state index contributed by atoms with van der Waals surface area (Å²) in [4.78, 5) is 48.4. The van der Waals surface area contributed by atoms with Gasteiger partial charge in [-0.15, -0.1) is 0 Å². The molecule has 0 aliphatic carbocycles. The van der Waals surface area contributed by atoms with Crippen LogP contribution >= 0.6 is 11.6 Å². The van der Waals surface area contributed by atoms with Gasteiger partial charge < -0.3 is 16.0 Å². The molecule has 2 aliphatic rings. The largest absolute Gasteiger partial charge is 0.368 e. The van der Waals surface area contributed by atoms with E-state index in [2.05, 4.69) is 25.5 Å². The highest BCUT2D eigenvalue weighted by Crippen LogP contribution is 2.33. The molecule has 3 heterocycles. The van der Waals surface area contributed by atoms with E-state index in [0.29, 0.717) is 24.5 Å². The van der Waals surface area contributed by atoms with E-state index in [-0.39, 0.29) is 29.7 Å². The van der Waals surface area contributed by atoms with Crippen LogP contribution in [0.15, 0.2) is 36.7 Å². The van der Waals surface area contributed by atoms with Crippen LogP contribution in [0.25, 0.3) is 0 Å². The van der Waals surface area contributed by atoms with Gasteiger partial charge in [-0.25, -0.2) is 14.8 Å². The first-order valence-corrected chi connectivity index (χ1v) is 12.6. The number of nitrogen functional groups attached to an aromatic ring is 1. The van der Waals surface area contributed by atoms with E-state index in [1.165, 1.54) is 0 Å². The first kappa shape index (κ1) is 25.8. The molecule has 1 aromatic heterocycles. The van der Waals surface area contributed by atoms with Crippen LogP contribution in [0.5, 0.6) is 0 Å². The summed E-state index contributed by atoms with van der Waals surface area (Å²) in [7, 11) is 0. The monoisotopic (exact) mass is 513 g/mol. The fourth-order valence-corrected chi connectivity index (χ4v) is 5.26. The lowest BCUT2D eigenvalue weighted by Gasteiger charge is -2.39. The summed E-state index contributed by atoms with van der Waals surface area (Å²) in [5.41, 5.74) is 7.49. The number of piperidine rings is 2. The van der Waals surface area contributed by atoms with Gasteiger partial charge in [0.15, 0.2) is 0 Å². The molecule has 2 aliphatic heterocycles. The summed E-state index contributed by atoms with van der Waals surface area (Å²) in [6.07, 6.45) is 7.04. The Morgan fingerprint density at radius 3 is 2.31 bits per heavy atom. The molecule has 11 heteroatoms. The van der Waals surface area contributed by atoms with Gasteiger partial charge in [-0.05, 0) is 62.4 Å². The summed E-state index contributed by atoms with van der Waals surface area (Å²) in [5.74, 6) is 0.658. The maximum Gasteiger partial charge on any atom is 0.321 e. The molecule has 1 unspecified atom stereocenters. The highest BCUT2D eigenvalue weighted by atomic mass is 35.5. The molecule has 4 rings (SSSR count). The molecule has 4 N–H and O–H groups in total. The van der Waals surface area contributed by atoms with Gasteiger partial charge in [-0.3, -0.25) is 19.8 Å². The third-order valence-corrected chi connectivity index (χ3v) is 7.35. The van der Waals surface area contributed by atoms with Crippen molar-refractivity contribution in [3.05, 3.63) is 52.8 Å². The summed E-state index contributed by atoms with van der Waals surface area (Å²) in [6, 6.07) is 6.52. The summed E-state index contributed by atoms with van der Waals surface area (Å²) in [5, 5.41) is 5.67. The standard InChI is InChI=1S/C25H32ClN7O3/c26-21-3-1-18(2-4-21)22(31-25(36)30-16-34)19-7-11-33(12-8-19)23(35)20-5-9-32(10-6-20)15-17-13-28-24(27)29-14-17/h1-4,13-14,16,19-20,22H,5-12,15H2,(H2,27,28,29)(H2,30,31,34,36). The van der Waals surface area contributed by atoms with Crippen molar-refractivity contribution in [2.24, 2.45) is 11.8 Å². The maximum absolute atomic E-state index is 13.2. The summed E-state index contributed by atoms with van der Waals surface area (Å²) >= 11 is 6.04. The molecule has 4 amide bonds. The zero-order chi connectivity index (χ0) is 25.5. The number of benzene rings is 1. The third kappa shape index (κ3) is 6.70. The molecule has 2 saturated heterocycles. The van der Waals surface area contributed by atoms with Crippen LogP contribution in [0.2, 0.25) is 5.02 Å². The Morgan fingerprint density at radius 2 is 1.69 bits per heavy atom. The first-order chi connectivity index (χ1) is 17.4. The van der Waals surface area contributed by atoms with E-state index >= 15 is 0 Å². The lowest BCUT2D eigenvalue weighted by atomic mass is 9.84. The number of amides is 4. The van der Waals surface area contributed by atoms with E-state index in [9.17, 15) is 14.4 Å². The van der Waals surface area contributed by atoms with Crippen molar-refractivity contribution >= 4 is 35.9 Å². The number of hydrogen-bond donors (Lipinski definition) is 3. The Balaban J connectivity index is 1.29.